The lowest BCUT2D eigenvalue weighted by atomic mass is 10.2. The zero-order valence-electron chi connectivity index (χ0n) is 14.6. The Balaban J connectivity index is 1.69. The highest BCUT2D eigenvalue weighted by atomic mass is 32.2. The van der Waals surface area contributed by atoms with Gasteiger partial charge in [-0.25, -0.2) is 13.4 Å². The number of hydrogen-bond acceptors (Lipinski definition) is 6. The van der Waals surface area contributed by atoms with Gasteiger partial charge in [0.15, 0.2) is 5.13 Å². The van der Waals surface area contributed by atoms with Gasteiger partial charge in [0, 0.05) is 13.2 Å². The van der Waals surface area contributed by atoms with Crippen LogP contribution in [0.25, 0.3) is 0 Å². The molecule has 1 amide bonds. The first-order chi connectivity index (χ1) is 12.3. The van der Waals surface area contributed by atoms with Crippen LogP contribution in [0.4, 0.5) is 5.13 Å². The molecule has 7 nitrogen and oxygen atoms in total. The van der Waals surface area contributed by atoms with Crippen molar-refractivity contribution in [3.63, 3.8) is 0 Å². The summed E-state index contributed by atoms with van der Waals surface area (Å²) >= 11 is 1.02. The number of carbonyl (C=O) groups is 1. The number of sulfonamides is 1. The Bertz CT molecular complexity index is 885. The average Bonchev–Trinajstić information content (AvgIpc) is 3.22. The predicted molar refractivity (Wildman–Crippen MR) is 100 cm³/mol. The van der Waals surface area contributed by atoms with Crippen molar-refractivity contribution in [1.82, 2.24) is 10.3 Å². The third-order valence-corrected chi connectivity index (χ3v) is 6.63. The minimum atomic E-state index is -3.74. The number of aryl methyl sites for hydroxylation is 2. The van der Waals surface area contributed by atoms with Gasteiger partial charge in [-0.15, -0.1) is 0 Å². The molecule has 1 aliphatic heterocycles. The quantitative estimate of drug-likeness (QED) is 0.783. The van der Waals surface area contributed by atoms with E-state index in [2.05, 4.69) is 15.0 Å². The van der Waals surface area contributed by atoms with Crippen LogP contribution < -0.4 is 10.0 Å². The molecule has 2 N–H and O–H groups in total. The molecule has 0 radical (unpaired) electrons. The van der Waals surface area contributed by atoms with E-state index < -0.39 is 10.0 Å². The Morgan fingerprint density at radius 2 is 2.04 bits per heavy atom. The van der Waals surface area contributed by atoms with E-state index in [1.807, 2.05) is 6.92 Å². The third kappa shape index (κ3) is 4.40. The number of anilines is 1. The molecule has 1 unspecified atom stereocenters. The van der Waals surface area contributed by atoms with Crippen LogP contribution in [0.15, 0.2) is 29.2 Å². The van der Waals surface area contributed by atoms with Gasteiger partial charge in [0.05, 0.1) is 16.7 Å². The fraction of sp³-hybridized carbons (Fsp3) is 0.412. The maximum atomic E-state index is 12.4. The molecule has 1 aliphatic rings. The van der Waals surface area contributed by atoms with Crippen molar-refractivity contribution in [2.45, 2.75) is 37.7 Å². The normalized spacial score (nSPS) is 17.2. The topological polar surface area (TPSA) is 97.4 Å². The summed E-state index contributed by atoms with van der Waals surface area (Å²) in [4.78, 5) is 17.1. The van der Waals surface area contributed by atoms with E-state index in [0.717, 1.165) is 36.3 Å². The molecule has 2 heterocycles. The van der Waals surface area contributed by atoms with Crippen LogP contribution in [0.2, 0.25) is 0 Å². The summed E-state index contributed by atoms with van der Waals surface area (Å²) in [6.07, 6.45) is 1.99. The number of nitrogens with one attached hydrogen (secondary N) is 2. The van der Waals surface area contributed by atoms with Crippen LogP contribution in [0, 0.1) is 13.8 Å². The molecule has 1 saturated heterocycles. The minimum absolute atomic E-state index is 0.0479. The highest BCUT2D eigenvalue weighted by molar-refractivity contribution is 7.93. The molecule has 2 aromatic rings. The second-order valence-electron chi connectivity index (χ2n) is 6.20. The summed E-state index contributed by atoms with van der Waals surface area (Å²) in [6, 6.07) is 6.53. The van der Waals surface area contributed by atoms with Gasteiger partial charge in [-0.05, 0) is 38.8 Å². The van der Waals surface area contributed by atoms with Crippen LogP contribution in [0.1, 0.15) is 33.8 Å². The molecule has 1 aromatic carbocycles. The Hall–Kier alpha value is -1.97. The second-order valence-corrected chi connectivity index (χ2v) is 8.88. The summed E-state index contributed by atoms with van der Waals surface area (Å²) < 4.78 is 32.8. The molecule has 0 saturated carbocycles. The first-order valence-corrected chi connectivity index (χ1v) is 10.6. The molecule has 1 fully saturated rings. The first-order valence-electron chi connectivity index (χ1n) is 8.32. The fourth-order valence-electron chi connectivity index (χ4n) is 2.63. The van der Waals surface area contributed by atoms with Gasteiger partial charge in [-0.3, -0.25) is 9.52 Å². The highest BCUT2D eigenvalue weighted by Crippen LogP contribution is 2.25. The molecule has 0 spiro atoms. The number of nitrogens with zero attached hydrogens (tertiary/aromatic N) is 1. The van der Waals surface area contributed by atoms with Crippen LogP contribution in [0.3, 0.4) is 0 Å². The minimum Gasteiger partial charge on any atom is -0.376 e. The lowest BCUT2D eigenvalue weighted by molar-refractivity contribution is 0.0860. The van der Waals surface area contributed by atoms with Gasteiger partial charge in [0.2, 0.25) is 0 Å². The van der Waals surface area contributed by atoms with E-state index in [1.165, 1.54) is 12.1 Å². The Morgan fingerprint density at radius 3 is 2.69 bits per heavy atom. The van der Waals surface area contributed by atoms with Crippen molar-refractivity contribution in [2.24, 2.45) is 0 Å². The molecule has 3 rings (SSSR count). The Kier molecular flexibility index (Phi) is 5.59. The van der Waals surface area contributed by atoms with E-state index in [1.54, 1.807) is 19.1 Å². The number of benzene rings is 1. The monoisotopic (exact) mass is 395 g/mol. The summed E-state index contributed by atoms with van der Waals surface area (Å²) in [5, 5.41) is 3.00. The molecule has 0 bridgehead atoms. The van der Waals surface area contributed by atoms with E-state index in [4.69, 9.17) is 4.74 Å². The van der Waals surface area contributed by atoms with E-state index in [-0.39, 0.29) is 22.0 Å². The maximum Gasteiger partial charge on any atom is 0.263 e. The van der Waals surface area contributed by atoms with Gasteiger partial charge in [-0.1, -0.05) is 29.0 Å². The predicted octanol–water partition coefficient (Wildman–Crippen LogP) is 2.47. The summed E-state index contributed by atoms with van der Waals surface area (Å²) in [6.45, 7) is 4.74. The molecule has 1 aromatic heterocycles. The van der Waals surface area contributed by atoms with Crippen LogP contribution >= 0.6 is 11.3 Å². The zero-order valence-corrected chi connectivity index (χ0v) is 16.2. The van der Waals surface area contributed by atoms with Crippen molar-refractivity contribution in [1.29, 1.82) is 0 Å². The van der Waals surface area contributed by atoms with Crippen LogP contribution in [-0.2, 0) is 14.8 Å². The molecule has 1 atom stereocenters. The highest BCUT2D eigenvalue weighted by Gasteiger charge is 2.22. The molecule has 9 heteroatoms. The van der Waals surface area contributed by atoms with Crippen molar-refractivity contribution in [3.8, 4) is 0 Å². The van der Waals surface area contributed by atoms with E-state index >= 15 is 0 Å². The van der Waals surface area contributed by atoms with Crippen molar-refractivity contribution in [3.05, 3.63) is 40.4 Å². The number of ether oxygens (including phenoxy) is 1. The van der Waals surface area contributed by atoms with E-state index in [9.17, 15) is 13.2 Å². The van der Waals surface area contributed by atoms with Gasteiger partial charge >= 0.3 is 0 Å². The second kappa shape index (κ2) is 7.73. The molecule has 0 aliphatic carbocycles. The summed E-state index contributed by atoms with van der Waals surface area (Å²) in [7, 11) is -3.74. The van der Waals surface area contributed by atoms with Crippen LogP contribution in [-0.4, -0.2) is 38.6 Å². The molecule has 26 heavy (non-hydrogen) atoms. The smallest absolute Gasteiger partial charge is 0.263 e. The fourth-order valence-corrected chi connectivity index (χ4v) is 4.75. The summed E-state index contributed by atoms with van der Waals surface area (Å²) in [5.41, 5.74) is 1.46. The van der Waals surface area contributed by atoms with Crippen molar-refractivity contribution in [2.75, 3.05) is 17.9 Å². The van der Waals surface area contributed by atoms with Crippen molar-refractivity contribution >= 4 is 32.4 Å². The number of hydrogen-bond donors (Lipinski definition) is 2. The average molecular weight is 396 g/mol. The largest absolute Gasteiger partial charge is 0.376 e. The summed E-state index contributed by atoms with van der Waals surface area (Å²) in [5.74, 6) is -0.267. The number of aromatic nitrogens is 1. The lowest BCUT2D eigenvalue weighted by Crippen LogP contribution is -2.31. The Morgan fingerprint density at radius 1 is 1.31 bits per heavy atom. The number of thiazole rings is 1. The van der Waals surface area contributed by atoms with Crippen LogP contribution in [0.5, 0.6) is 0 Å². The Labute approximate surface area is 156 Å². The van der Waals surface area contributed by atoms with Gasteiger partial charge in [0.25, 0.3) is 15.9 Å². The first kappa shape index (κ1) is 18.8. The van der Waals surface area contributed by atoms with Gasteiger partial charge in [-0.2, -0.15) is 0 Å². The van der Waals surface area contributed by atoms with Gasteiger partial charge < -0.3 is 10.1 Å². The number of rotatable bonds is 6. The number of carbonyl (C=O) groups excluding carboxylic acids is 1. The molecular formula is C17H21N3O4S2. The molecular weight excluding hydrogens is 374 g/mol. The van der Waals surface area contributed by atoms with Gasteiger partial charge in [0.1, 0.15) is 4.88 Å². The maximum absolute atomic E-state index is 12.4. The van der Waals surface area contributed by atoms with E-state index in [0.29, 0.717) is 17.1 Å². The zero-order chi connectivity index (χ0) is 18.7. The molecule has 140 valence electrons. The van der Waals surface area contributed by atoms with Crippen molar-refractivity contribution < 1.29 is 17.9 Å². The number of amides is 1. The SMILES string of the molecule is Cc1ccc(S(=O)(=O)Nc2nc(C)c(C(=O)NCC3CCCO3)s2)cc1. The standard InChI is InChI=1S/C17H21N3O4S2/c1-11-5-7-14(8-6-11)26(22,23)20-17-19-12(2)15(25-17)16(21)18-10-13-4-3-9-24-13/h5-8,13H,3-4,9-10H2,1-2H3,(H,18,21)(H,19,20). The third-order valence-electron chi connectivity index (χ3n) is 4.07. The lowest BCUT2D eigenvalue weighted by Gasteiger charge is -2.09.